The van der Waals surface area contributed by atoms with Gasteiger partial charge in [-0.15, -0.1) is 0 Å². The average molecular weight is 287 g/mol. The summed E-state index contributed by atoms with van der Waals surface area (Å²) in [4.78, 5) is 0. The molecule has 1 unspecified atom stereocenters. The van der Waals surface area contributed by atoms with E-state index >= 15 is 0 Å². The molecule has 0 heterocycles. The third kappa shape index (κ3) is 3.30. The minimum atomic E-state index is 0.0958. The molecule has 102 valence electrons. The third-order valence-corrected chi connectivity index (χ3v) is 3.57. The normalized spacial score (nSPS) is 11.8. The molecule has 0 saturated heterocycles. The number of hydrogen-bond acceptors (Lipinski definition) is 3. The molecule has 4 heteroatoms. The summed E-state index contributed by atoms with van der Waals surface area (Å²) in [6, 6.07) is 14.7. The number of aromatic hydroxyl groups is 1. The predicted octanol–water partition coefficient (Wildman–Crippen LogP) is 3.77. The lowest BCUT2D eigenvalue weighted by Crippen LogP contribution is -2.18. The largest absolute Gasteiger partial charge is 0.508 e. The van der Waals surface area contributed by atoms with Crippen LogP contribution in [0.5, 0.6) is 5.75 Å². The van der Waals surface area contributed by atoms with E-state index < -0.39 is 0 Å². The van der Waals surface area contributed by atoms with Crippen molar-refractivity contribution >= 4 is 11.6 Å². The zero-order valence-electron chi connectivity index (χ0n) is 11.1. The van der Waals surface area contributed by atoms with Gasteiger partial charge in [-0.3, -0.25) is 0 Å². The van der Waals surface area contributed by atoms with Gasteiger partial charge in [0, 0.05) is 23.2 Å². The summed E-state index contributed by atoms with van der Waals surface area (Å²) in [5.41, 5.74) is 2.41. The fourth-order valence-corrected chi connectivity index (χ4v) is 2.18. The van der Waals surface area contributed by atoms with Crippen LogP contribution in [-0.4, -0.2) is 5.11 Å². The first-order valence-corrected chi connectivity index (χ1v) is 6.69. The maximum atomic E-state index is 9.78. The number of rotatable bonds is 4. The van der Waals surface area contributed by atoms with E-state index in [0.29, 0.717) is 22.7 Å². The molecule has 0 aliphatic heterocycles. The van der Waals surface area contributed by atoms with Crippen LogP contribution in [0, 0.1) is 11.3 Å². The highest BCUT2D eigenvalue weighted by Crippen LogP contribution is 2.25. The van der Waals surface area contributed by atoms with Gasteiger partial charge in [0.05, 0.1) is 11.6 Å². The topological polar surface area (TPSA) is 56.0 Å². The third-order valence-electron chi connectivity index (χ3n) is 3.22. The van der Waals surface area contributed by atoms with Crippen molar-refractivity contribution < 1.29 is 5.11 Å². The van der Waals surface area contributed by atoms with Crippen molar-refractivity contribution in [1.82, 2.24) is 5.32 Å². The Balaban J connectivity index is 2.05. The molecule has 0 amide bonds. The molecular formula is C16H15ClN2O. The molecule has 0 saturated carbocycles. The SMILES string of the molecule is CC(NCc1c(O)cccc1Cl)c1ccc(C#N)cc1. The maximum absolute atomic E-state index is 9.78. The molecule has 0 radical (unpaired) electrons. The van der Waals surface area contributed by atoms with Gasteiger partial charge < -0.3 is 10.4 Å². The van der Waals surface area contributed by atoms with Gasteiger partial charge in [-0.2, -0.15) is 5.26 Å². The fourth-order valence-electron chi connectivity index (χ4n) is 1.94. The zero-order valence-corrected chi connectivity index (χ0v) is 11.9. The van der Waals surface area contributed by atoms with E-state index in [0.717, 1.165) is 5.56 Å². The quantitative estimate of drug-likeness (QED) is 0.899. The monoisotopic (exact) mass is 286 g/mol. The Morgan fingerprint density at radius 2 is 1.95 bits per heavy atom. The number of nitrogens with one attached hydrogen (secondary N) is 1. The molecule has 0 aromatic heterocycles. The summed E-state index contributed by atoms with van der Waals surface area (Å²) in [7, 11) is 0. The zero-order chi connectivity index (χ0) is 14.5. The first-order valence-electron chi connectivity index (χ1n) is 6.31. The first kappa shape index (κ1) is 14.4. The summed E-state index contributed by atoms with van der Waals surface area (Å²) in [6.07, 6.45) is 0. The minimum Gasteiger partial charge on any atom is -0.508 e. The second-order valence-corrected chi connectivity index (χ2v) is 4.98. The molecule has 1 atom stereocenters. The van der Waals surface area contributed by atoms with Gasteiger partial charge in [0.1, 0.15) is 5.75 Å². The van der Waals surface area contributed by atoms with Crippen LogP contribution in [0.25, 0.3) is 0 Å². The van der Waals surface area contributed by atoms with Crippen LogP contribution in [0.1, 0.15) is 29.7 Å². The van der Waals surface area contributed by atoms with Crippen LogP contribution in [0.4, 0.5) is 0 Å². The predicted molar refractivity (Wildman–Crippen MR) is 79.5 cm³/mol. The lowest BCUT2D eigenvalue weighted by molar-refractivity contribution is 0.460. The number of halogens is 1. The standard InChI is InChI=1S/C16H15ClN2O/c1-11(13-7-5-12(9-18)6-8-13)19-10-14-15(17)3-2-4-16(14)20/h2-8,11,19-20H,10H2,1H3. The van der Waals surface area contributed by atoms with Gasteiger partial charge >= 0.3 is 0 Å². The molecule has 0 aliphatic carbocycles. The van der Waals surface area contributed by atoms with E-state index in [1.807, 2.05) is 19.1 Å². The van der Waals surface area contributed by atoms with E-state index in [4.69, 9.17) is 16.9 Å². The lowest BCUT2D eigenvalue weighted by Gasteiger charge is -2.15. The molecular weight excluding hydrogens is 272 g/mol. The molecule has 0 aliphatic rings. The molecule has 0 fully saturated rings. The van der Waals surface area contributed by atoms with Crippen molar-refractivity contribution in [1.29, 1.82) is 5.26 Å². The van der Waals surface area contributed by atoms with Gasteiger partial charge in [0.2, 0.25) is 0 Å². The van der Waals surface area contributed by atoms with Crippen molar-refractivity contribution in [2.75, 3.05) is 0 Å². The van der Waals surface area contributed by atoms with Gasteiger partial charge in [-0.05, 0) is 36.8 Å². The first-order chi connectivity index (χ1) is 9.61. The highest BCUT2D eigenvalue weighted by atomic mass is 35.5. The minimum absolute atomic E-state index is 0.0958. The van der Waals surface area contributed by atoms with Crippen molar-refractivity contribution in [2.45, 2.75) is 19.5 Å². The van der Waals surface area contributed by atoms with E-state index in [2.05, 4.69) is 11.4 Å². The van der Waals surface area contributed by atoms with Crippen LogP contribution in [0.3, 0.4) is 0 Å². The number of nitriles is 1. The molecule has 2 rings (SSSR count). The summed E-state index contributed by atoms with van der Waals surface area (Å²) in [5, 5.41) is 22.4. The molecule has 0 bridgehead atoms. The van der Waals surface area contributed by atoms with Gasteiger partial charge in [0.15, 0.2) is 0 Å². The van der Waals surface area contributed by atoms with Gasteiger partial charge in [-0.25, -0.2) is 0 Å². The van der Waals surface area contributed by atoms with Crippen molar-refractivity contribution in [3.8, 4) is 11.8 Å². The summed E-state index contributed by atoms with van der Waals surface area (Å²) >= 11 is 6.06. The Morgan fingerprint density at radius 1 is 1.25 bits per heavy atom. The summed E-state index contributed by atoms with van der Waals surface area (Å²) in [5.74, 6) is 0.192. The van der Waals surface area contributed by atoms with Crippen LogP contribution >= 0.6 is 11.6 Å². The number of phenols is 1. The number of benzene rings is 2. The summed E-state index contributed by atoms with van der Waals surface area (Å²) < 4.78 is 0. The van der Waals surface area contributed by atoms with Crippen LogP contribution in [-0.2, 0) is 6.54 Å². The Kier molecular flexibility index (Phi) is 4.62. The number of hydrogen-bond donors (Lipinski definition) is 2. The lowest BCUT2D eigenvalue weighted by atomic mass is 10.1. The second kappa shape index (κ2) is 6.42. The van der Waals surface area contributed by atoms with Crippen LogP contribution in [0.2, 0.25) is 5.02 Å². The van der Waals surface area contributed by atoms with Crippen molar-refractivity contribution in [3.05, 3.63) is 64.2 Å². The molecule has 2 aromatic carbocycles. The Labute approximate surface area is 123 Å². The Morgan fingerprint density at radius 3 is 2.55 bits per heavy atom. The van der Waals surface area contributed by atoms with Crippen LogP contribution < -0.4 is 5.32 Å². The van der Waals surface area contributed by atoms with Gasteiger partial charge in [0.25, 0.3) is 0 Å². The molecule has 3 nitrogen and oxygen atoms in total. The van der Waals surface area contributed by atoms with Crippen LogP contribution in [0.15, 0.2) is 42.5 Å². The van der Waals surface area contributed by atoms with Gasteiger partial charge in [-0.1, -0.05) is 29.8 Å². The average Bonchev–Trinajstić information content (AvgIpc) is 2.46. The molecule has 2 aromatic rings. The number of phenolic OH excluding ortho intramolecular Hbond substituents is 1. The maximum Gasteiger partial charge on any atom is 0.121 e. The highest BCUT2D eigenvalue weighted by Gasteiger charge is 2.09. The highest BCUT2D eigenvalue weighted by molar-refractivity contribution is 6.31. The van der Waals surface area contributed by atoms with Crippen molar-refractivity contribution in [2.24, 2.45) is 0 Å². The Bertz CT molecular complexity index is 612. The Hall–Kier alpha value is -2.02. The van der Waals surface area contributed by atoms with E-state index in [1.54, 1.807) is 30.3 Å². The van der Waals surface area contributed by atoms with Crippen molar-refractivity contribution in [3.63, 3.8) is 0 Å². The smallest absolute Gasteiger partial charge is 0.121 e. The second-order valence-electron chi connectivity index (χ2n) is 4.57. The fraction of sp³-hybridized carbons (Fsp3) is 0.188. The summed E-state index contributed by atoms with van der Waals surface area (Å²) in [6.45, 7) is 2.50. The molecule has 0 spiro atoms. The van der Waals surface area contributed by atoms with E-state index in [9.17, 15) is 5.11 Å². The van der Waals surface area contributed by atoms with E-state index in [-0.39, 0.29) is 11.8 Å². The van der Waals surface area contributed by atoms with E-state index in [1.165, 1.54) is 0 Å². The molecule has 20 heavy (non-hydrogen) atoms. The number of nitrogens with zero attached hydrogens (tertiary/aromatic N) is 1. The molecule has 2 N–H and O–H groups in total.